The van der Waals surface area contributed by atoms with Gasteiger partial charge in [0.1, 0.15) is 17.3 Å². The zero-order chi connectivity index (χ0) is 16.1. The van der Waals surface area contributed by atoms with E-state index in [4.69, 9.17) is 9.47 Å². The van der Waals surface area contributed by atoms with E-state index in [1.54, 1.807) is 12.5 Å². The molecule has 3 heterocycles. The highest BCUT2D eigenvalue weighted by atomic mass is 32.1. The first kappa shape index (κ1) is 16.2. The quantitative estimate of drug-likeness (QED) is 0.783. The number of carbonyl (C=O) groups excluding carboxylic acids is 1. The summed E-state index contributed by atoms with van der Waals surface area (Å²) in [7, 11) is 1.58. The summed E-state index contributed by atoms with van der Waals surface area (Å²) in [4.78, 5) is 16.4. The molecule has 1 saturated heterocycles. The number of anilines is 2. The second-order valence-corrected chi connectivity index (χ2v) is 6.86. The van der Waals surface area contributed by atoms with Crippen LogP contribution in [0.15, 0.2) is 5.38 Å². The van der Waals surface area contributed by atoms with E-state index in [0.717, 1.165) is 19.4 Å². The van der Waals surface area contributed by atoms with Gasteiger partial charge in [0.05, 0.1) is 6.10 Å². The Morgan fingerprint density at radius 2 is 2.39 bits per heavy atom. The third kappa shape index (κ3) is 4.44. The van der Waals surface area contributed by atoms with Crippen molar-refractivity contribution < 1.29 is 14.3 Å². The Balaban J connectivity index is 1.52. The number of carbonyl (C=O) groups is 1. The average Bonchev–Trinajstić information content (AvgIpc) is 3.27. The van der Waals surface area contributed by atoms with Gasteiger partial charge in [0.25, 0.3) is 5.91 Å². The number of aromatic nitrogens is 3. The molecular weight excluding hydrogens is 338 g/mol. The molecule has 0 unspecified atom stereocenters. The molecule has 10 heteroatoms. The lowest BCUT2D eigenvalue weighted by Crippen LogP contribution is -2.18. The number of hydrogen-bond acceptors (Lipinski definition) is 9. The molecule has 1 aliphatic heterocycles. The summed E-state index contributed by atoms with van der Waals surface area (Å²) in [6, 6.07) is 0. The minimum absolute atomic E-state index is 0.233. The van der Waals surface area contributed by atoms with Gasteiger partial charge >= 0.3 is 0 Å². The highest BCUT2D eigenvalue weighted by molar-refractivity contribution is 7.15. The average molecular weight is 355 g/mol. The molecule has 1 aliphatic rings. The number of thiazole rings is 1. The Morgan fingerprint density at radius 3 is 3.17 bits per heavy atom. The maximum atomic E-state index is 12.1. The van der Waals surface area contributed by atoms with Gasteiger partial charge in [-0.2, -0.15) is 0 Å². The lowest BCUT2D eigenvalue weighted by atomic mass is 10.2. The summed E-state index contributed by atoms with van der Waals surface area (Å²) in [6.45, 7) is 1.91. The van der Waals surface area contributed by atoms with Gasteiger partial charge in [-0.15, -0.1) is 21.5 Å². The van der Waals surface area contributed by atoms with Gasteiger partial charge in [0, 0.05) is 25.6 Å². The molecule has 8 nitrogen and oxygen atoms in total. The van der Waals surface area contributed by atoms with E-state index in [2.05, 4.69) is 25.8 Å². The molecule has 1 fully saturated rings. The molecular formula is C13H17N5O3S2. The van der Waals surface area contributed by atoms with Crippen LogP contribution >= 0.6 is 22.7 Å². The van der Waals surface area contributed by atoms with Gasteiger partial charge < -0.3 is 14.8 Å². The summed E-state index contributed by atoms with van der Waals surface area (Å²) >= 11 is 2.67. The van der Waals surface area contributed by atoms with Crippen LogP contribution in [0.1, 0.15) is 28.3 Å². The standard InChI is InChI=1S/C13H17N5O3S2/c1-20-6-10-17-18-13(23-10)16-11(19)9-7-22-12(15-9)14-5-8-3-2-4-21-8/h7-8H,2-6H2,1H3,(H,14,15)(H,16,18,19)/t8-/m0/s1. The van der Waals surface area contributed by atoms with Crippen LogP contribution < -0.4 is 10.6 Å². The monoisotopic (exact) mass is 355 g/mol. The van der Waals surface area contributed by atoms with Crippen LogP contribution in [0, 0.1) is 0 Å². The Hall–Kier alpha value is -1.62. The number of methoxy groups -OCH3 is 1. The van der Waals surface area contributed by atoms with Crippen molar-refractivity contribution in [3.8, 4) is 0 Å². The number of ether oxygens (including phenoxy) is 2. The van der Waals surface area contributed by atoms with Crippen molar-refractivity contribution in [3.05, 3.63) is 16.1 Å². The van der Waals surface area contributed by atoms with Crippen LogP contribution in [0.4, 0.5) is 10.3 Å². The summed E-state index contributed by atoms with van der Waals surface area (Å²) in [5.41, 5.74) is 0.355. The van der Waals surface area contributed by atoms with Gasteiger partial charge in [0.2, 0.25) is 5.13 Å². The largest absolute Gasteiger partial charge is 0.377 e. The predicted molar refractivity (Wildman–Crippen MR) is 88.2 cm³/mol. The fourth-order valence-electron chi connectivity index (χ4n) is 2.11. The number of hydrogen-bond donors (Lipinski definition) is 2. The van der Waals surface area contributed by atoms with Crippen molar-refractivity contribution in [1.29, 1.82) is 0 Å². The SMILES string of the molecule is COCc1nnc(NC(=O)c2csc(NC[C@@H]3CCCO3)n2)s1. The predicted octanol–water partition coefficient (Wildman–Crippen LogP) is 1.98. The molecule has 0 radical (unpaired) electrons. The second kappa shape index (κ2) is 7.77. The van der Waals surface area contributed by atoms with Crippen LogP contribution in [0.5, 0.6) is 0 Å². The zero-order valence-electron chi connectivity index (χ0n) is 12.6. The van der Waals surface area contributed by atoms with Crippen molar-refractivity contribution in [2.45, 2.75) is 25.6 Å². The van der Waals surface area contributed by atoms with E-state index in [1.807, 2.05) is 0 Å². The molecule has 0 bridgehead atoms. The van der Waals surface area contributed by atoms with E-state index in [1.165, 1.54) is 22.7 Å². The number of nitrogens with one attached hydrogen (secondary N) is 2. The van der Waals surface area contributed by atoms with Crippen LogP contribution in [0.2, 0.25) is 0 Å². The summed E-state index contributed by atoms with van der Waals surface area (Å²) in [5.74, 6) is -0.300. The normalized spacial score (nSPS) is 17.3. The van der Waals surface area contributed by atoms with Crippen LogP contribution in [0.25, 0.3) is 0 Å². The molecule has 23 heavy (non-hydrogen) atoms. The van der Waals surface area contributed by atoms with E-state index in [0.29, 0.717) is 34.1 Å². The molecule has 2 aromatic rings. The molecule has 2 N–H and O–H groups in total. The van der Waals surface area contributed by atoms with E-state index in [9.17, 15) is 4.79 Å². The minimum atomic E-state index is -0.300. The maximum Gasteiger partial charge on any atom is 0.277 e. The smallest absolute Gasteiger partial charge is 0.277 e. The Morgan fingerprint density at radius 1 is 1.48 bits per heavy atom. The van der Waals surface area contributed by atoms with Crippen molar-refractivity contribution in [3.63, 3.8) is 0 Å². The second-order valence-electron chi connectivity index (χ2n) is 4.94. The zero-order valence-corrected chi connectivity index (χ0v) is 14.2. The van der Waals surface area contributed by atoms with Gasteiger partial charge in [-0.3, -0.25) is 10.1 Å². The lowest BCUT2D eigenvalue weighted by molar-refractivity contribution is 0.102. The molecule has 0 aliphatic carbocycles. The van der Waals surface area contributed by atoms with E-state index >= 15 is 0 Å². The molecule has 1 atom stereocenters. The highest BCUT2D eigenvalue weighted by Crippen LogP contribution is 2.20. The van der Waals surface area contributed by atoms with Crippen molar-refractivity contribution in [1.82, 2.24) is 15.2 Å². The van der Waals surface area contributed by atoms with Crippen molar-refractivity contribution in [2.75, 3.05) is 30.9 Å². The Labute approximate surface area is 141 Å². The van der Waals surface area contributed by atoms with E-state index in [-0.39, 0.29) is 12.0 Å². The van der Waals surface area contributed by atoms with E-state index < -0.39 is 0 Å². The molecule has 0 spiro atoms. The first-order valence-electron chi connectivity index (χ1n) is 7.18. The van der Waals surface area contributed by atoms with Crippen LogP contribution in [0.3, 0.4) is 0 Å². The van der Waals surface area contributed by atoms with Gasteiger partial charge in [-0.05, 0) is 12.8 Å². The third-order valence-electron chi connectivity index (χ3n) is 3.20. The Kier molecular flexibility index (Phi) is 5.49. The molecule has 124 valence electrons. The molecule has 0 saturated carbocycles. The van der Waals surface area contributed by atoms with Gasteiger partial charge in [-0.1, -0.05) is 11.3 Å². The molecule has 1 amide bonds. The van der Waals surface area contributed by atoms with Crippen molar-refractivity contribution in [2.24, 2.45) is 0 Å². The highest BCUT2D eigenvalue weighted by Gasteiger charge is 2.17. The molecule has 3 rings (SSSR count). The fraction of sp³-hybridized carbons (Fsp3) is 0.538. The first-order chi connectivity index (χ1) is 11.2. The van der Waals surface area contributed by atoms with Crippen LogP contribution in [-0.4, -0.2) is 47.5 Å². The van der Waals surface area contributed by atoms with Crippen molar-refractivity contribution >= 4 is 38.8 Å². The number of rotatable bonds is 7. The Bertz CT molecular complexity index is 654. The van der Waals surface area contributed by atoms with Gasteiger partial charge in [0.15, 0.2) is 5.13 Å². The lowest BCUT2D eigenvalue weighted by Gasteiger charge is -2.08. The van der Waals surface area contributed by atoms with Crippen LogP contribution in [-0.2, 0) is 16.1 Å². The summed E-state index contributed by atoms with van der Waals surface area (Å²) in [5, 5.41) is 17.3. The summed E-state index contributed by atoms with van der Waals surface area (Å²) in [6.07, 6.45) is 2.40. The minimum Gasteiger partial charge on any atom is -0.377 e. The number of amides is 1. The summed E-state index contributed by atoms with van der Waals surface area (Å²) < 4.78 is 10.5. The maximum absolute atomic E-state index is 12.1. The third-order valence-corrected chi connectivity index (χ3v) is 4.81. The molecule has 0 aromatic carbocycles. The fourth-order valence-corrected chi connectivity index (χ4v) is 3.52. The number of nitrogens with zero attached hydrogens (tertiary/aromatic N) is 3. The topological polar surface area (TPSA) is 98.3 Å². The molecule has 2 aromatic heterocycles. The van der Waals surface area contributed by atoms with Gasteiger partial charge in [-0.25, -0.2) is 4.98 Å². The first-order valence-corrected chi connectivity index (χ1v) is 8.88.